The van der Waals surface area contributed by atoms with E-state index in [4.69, 9.17) is 10.5 Å². The molecule has 3 N–H and O–H groups in total. The van der Waals surface area contributed by atoms with Gasteiger partial charge in [-0.1, -0.05) is 12.2 Å². The van der Waals surface area contributed by atoms with Gasteiger partial charge >= 0.3 is 6.18 Å². The van der Waals surface area contributed by atoms with Gasteiger partial charge in [0.15, 0.2) is 0 Å². The van der Waals surface area contributed by atoms with Crippen LogP contribution < -0.4 is 11.1 Å². The lowest BCUT2D eigenvalue weighted by Gasteiger charge is -2.26. The fourth-order valence-corrected chi connectivity index (χ4v) is 2.04. The van der Waals surface area contributed by atoms with Crippen molar-refractivity contribution in [2.75, 3.05) is 18.5 Å². The second kappa shape index (κ2) is 6.62. The number of hydrogen-bond acceptors (Lipinski definition) is 3. The third-order valence-corrected chi connectivity index (χ3v) is 3.06. The molecule has 7 heteroatoms. The number of nitrogens with two attached hydrogens (primary N) is 1. The molecule has 1 rings (SSSR count). The minimum atomic E-state index is -4.51. The normalized spacial score (nSPS) is 12.3. The van der Waals surface area contributed by atoms with E-state index in [1.165, 1.54) is 12.1 Å². The maximum atomic E-state index is 13.0. The minimum absolute atomic E-state index is 0.174. The lowest BCUT2D eigenvalue weighted by molar-refractivity contribution is -0.137. The number of benzene rings is 1. The van der Waals surface area contributed by atoms with Crippen LogP contribution in [0.5, 0.6) is 0 Å². The van der Waals surface area contributed by atoms with E-state index >= 15 is 0 Å². The van der Waals surface area contributed by atoms with Gasteiger partial charge < -0.3 is 15.8 Å². The molecule has 0 amide bonds. The molecule has 1 aromatic rings. The zero-order valence-electron chi connectivity index (χ0n) is 12.2. The van der Waals surface area contributed by atoms with Crippen LogP contribution in [0.1, 0.15) is 31.9 Å². The van der Waals surface area contributed by atoms with Crippen molar-refractivity contribution in [2.24, 2.45) is 5.73 Å². The van der Waals surface area contributed by atoms with Crippen LogP contribution in [-0.4, -0.2) is 23.7 Å². The van der Waals surface area contributed by atoms with Crippen LogP contribution >= 0.6 is 12.2 Å². The van der Waals surface area contributed by atoms with Gasteiger partial charge in [0, 0.05) is 24.4 Å². The summed E-state index contributed by atoms with van der Waals surface area (Å²) in [6.45, 7) is 6.49. The van der Waals surface area contributed by atoms with Gasteiger partial charge in [0.1, 0.15) is 4.99 Å². The highest BCUT2D eigenvalue weighted by Crippen LogP contribution is 2.34. The first-order valence-corrected chi connectivity index (χ1v) is 6.86. The van der Waals surface area contributed by atoms with Crippen molar-refractivity contribution >= 4 is 22.9 Å². The third kappa shape index (κ3) is 5.17. The van der Waals surface area contributed by atoms with Gasteiger partial charge in [0.05, 0.1) is 11.2 Å². The van der Waals surface area contributed by atoms with Crippen molar-refractivity contribution in [1.29, 1.82) is 0 Å². The molecular weight excluding hydrogens is 301 g/mol. The highest BCUT2D eigenvalue weighted by atomic mass is 32.1. The Morgan fingerprint density at radius 2 is 1.95 bits per heavy atom. The second-order valence-corrected chi connectivity index (χ2v) is 5.61. The molecule has 0 aliphatic rings. The van der Waals surface area contributed by atoms with Crippen LogP contribution in [-0.2, 0) is 10.9 Å². The van der Waals surface area contributed by atoms with E-state index < -0.39 is 17.3 Å². The number of hydrogen-bond donors (Lipinski definition) is 2. The lowest BCUT2D eigenvalue weighted by Crippen LogP contribution is -2.33. The van der Waals surface area contributed by atoms with Crippen molar-refractivity contribution in [3.63, 3.8) is 0 Å². The van der Waals surface area contributed by atoms with Crippen molar-refractivity contribution in [2.45, 2.75) is 32.5 Å². The molecular formula is C14H19F3N2OS. The third-order valence-electron chi connectivity index (χ3n) is 2.84. The van der Waals surface area contributed by atoms with Crippen LogP contribution in [0.2, 0.25) is 0 Å². The van der Waals surface area contributed by atoms with Crippen molar-refractivity contribution < 1.29 is 17.9 Å². The molecule has 0 fully saturated rings. The maximum absolute atomic E-state index is 13.0. The predicted octanol–water partition coefficient (Wildman–Crippen LogP) is 3.57. The Labute approximate surface area is 127 Å². The molecule has 0 bridgehead atoms. The van der Waals surface area contributed by atoms with Crippen LogP contribution in [0, 0.1) is 0 Å². The fourth-order valence-electron chi connectivity index (χ4n) is 1.86. The summed E-state index contributed by atoms with van der Waals surface area (Å²) in [5.74, 6) is 0. The van der Waals surface area contributed by atoms with E-state index in [0.29, 0.717) is 18.8 Å². The molecule has 0 spiro atoms. The summed E-state index contributed by atoms with van der Waals surface area (Å²) in [6, 6.07) is 3.81. The SMILES string of the molecule is CCOC(C)(C)CNc1ccc(C(N)=S)c(C(F)(F)F)c1. The number of thiocarbonyl (C=S) groups is 1. The first-order valence-electron chi connectivity index (χ1n) is 6.45. The van der Waals surface area contributed by atoms with Gasteiger partial charge in [0.2, 0.25) is 0 Å². The standard InChI is InChI=1S/C14H19F3N2OS/c1-4-20-13(2,3)8-19-9-5-6-10(12(18)21)11(7-9)14(15,16)17/h5-7,19H,4,8H2,1-3H3,(H2,18,21). The number of anilines is 1. The van der Waals surface area contributed by atoms with E-state index in [9.17, 15) is 13.2 Å². The molecule has 0 saturated heterocycles. The smallest absolute Gasteiger partial charge is 0.389 e. The monoisotopic (exact) mass is 320 g/mol. The van der Waals surface area contributed by atoms with Crippen molar-refractivity contribution in [3.8, 4) is 0 Å². The molecule has 0 atom stereocenters. The Bertz CT molecular complexity index is 515. The van der Waals surface area contributed by atoms with Crippen LogP contribution in [0.3, 0.4) is 0 Å². The van der Waals surface area contributed by atoms with Crippen LogP contribution in [0.25, 0.3) is 0 Å². The van der Waals surface area contributed by atoms with Gasteiger partial charge in [-0.2, -0.15) is 13.2 Å². The largest absolute Gasteiger partial charge is 0.417 e. The highest BCUT2D eigenvalue weighted by molar-refractivity contribution is 7.80. The zero-order chi connectivity index (χ0) is 16.3. The van der Waals surface area contributed by atoms with E-state index in [0.717, 1.165) is 6.07 Å². The predicted molar refractivity (Wildman–Crippen MR) is 81.5 cm³/mol. The Hall–Kier alpha value is -1.34. The van der Waals surface area contributed by atoms with Gasteiger partial charge in [0.25, 0.3) is 0 Å². The van der Waals surface area contributed by atoms with Crippen LogP contribution in [0.4, 0.5) is 18.9 Å². The van der Waals surface area contributed by atoms with Gasteiger partial charge in [-0.25, -0.2) is 0 Å². The number of rotatable bonds is 6. The molecule has 0 aliphatic carbocycles. The number of alkyl halides is 3. The van der Waals surface area contributed by atoms with Gasteiger partial charge in [-0.05, 0) is 39.0 Å². The summed E-state index contributed by atoms with van der Waals surface area (Å²) in [7, 11) is 0. The Morgan fingerprint density at radius 1 is 1.33 bits per heavy atom. The Balaban J connectivity index is 2.99. The van der Waals surface area contributed by atoms with Crippen molar-refractivity contribution in [1.82, 2.24) is 0 Å². The maximum Gasteiger partial charge on any atom is 0.417 e. The summed E-state index contributed by atoms with van der Waals surface area (Å²) < 4.78 is 44.5. The van der Waals surface area contributed by atoms with Gasteiger partial charge in [-0.15, -0.1) is 0 Å². The Morgan fingerprint density at radius 3 is 2.43 bits per heavy atom. The highest BCUT2D eigenvalue weighted by Gasteiger charge is 2.34. The molecule has 0 unspecified atom stereocenters. The molecule has 1 aromatic carbocycles. The molecule has 0 aromatic heterocycles. The molecule has 0 radical (unpaired) electrons. The first-order chi connectivity index (χ1) is 9.57. The molecule has 0 heterocycles. The van der Waals surface area contributed by atoms with Gasteiger partial charge in [-0.3, -0.25) is 0 Å². The van der Waals surface area contributed by atoms with Crippen LogP contribution in [0.15, 0.2) is 18.2 Å². The molecule has 0 saturated carbocycles. The van der Waals surface area contributed by atoms with E-state index in [2.05, 4.69) is 17.5 Å². The average Bonchev–Trinajstić information content (AvgIpc) is 2.35. The molecule has 21 heavy (non-hydrogen) atoms. The summed E-state index contributed by atoms with van der Waals surface area (Å²) in [5.41, 5.74) is 4.19. The van der Waals surface area contributed by atoms with Crippen molar-refractivity contribution in [3.05, 3.63) is 29.3 Å². The lowest BCUT2D eigenvalue weighted by atomic mass is 10.1. The minimum Gasteiger partial charge on any atom is -0.389 e. The number of halogens is 3. The summed E-state index contributed by atoms with van der Waals surface area (Å²) >= 11 is 4.66. The molecule has 0 aliphatic heterocycles. The Kier molecular flexibility index (Phi) is 5.58. The van der Waals surface area contributed by atoms with E-state index in [-0.39, 0.29) is 10.6 Å². The van der Waals surface area contributed by atoms with E-state index in [1.54, 1.807) is 0 Å². The summed E-state index contributed by atoms with van der Waals surface area (Å²) in [4.78, 5) is -0.275. The zero-order valence-corrected chi connectivity index (χ0v) is 13.0. The topological polar surface area (TPSA) is 47.3 Å². The quantitative estimate of drug-likeness (QED) is 0.787. The summed E-state index contributed by atoms with van der Waals surface area (Å²) in [5, 5.41) is 2.94. The first kappa shape index (κ1) is 17.7. The number of ether oxygens (including phenoxy) is 1. The second-order valence-electron chi connectivity index (χ2n) is 5.17. The summed E-state index contributed by atoms with van der Waals surface area (Å²) in [6.07, 6.45) is -4.51. The molecule has 3 nitrogen and oxygen atoms in total. The number of nitrogens with one attached hydrogen (secondary N) is 1. The fraction of sp³-hybridized carbons (Fsp3) is 0.500. The molecule has 118 valence electrons. The average molecular weight is 320 g/mol. The van der Waals surface area contributed by atoms with E-state index in [1.807, 2.05) is 20.8 Å².